The smallest absolute Gasteiger partial charge is 0.169 e. The van der Waals surface area contributed by atoms with Gasteiger partial charge in [-0.05, 0) is 38.7 Å². The van der Waals surface area contributed by atoms with Crippen LogP contribution in [0.1, 0.15) is 60.9 Å². The van der Waals surface area contributed by atoms with Gasteiger partial charge in [-0.1, -0.05) is 26.2 Å². The highest BCUT2D eigenvalue weighted by Gasteiger charge is 2.31. The minimum atomic E-state index is 0.226. The molecule has 1 heterocycles. The Morgan fingerprint density at radius 2 is 2.06 bits per heavy atom. The summed E-state index contributed by atoms with van der Waals surface area (Å²) in [7, 11) is 0. The second-order valence-electron chi connectivity index (χ2n) is 5.25. The number of hydrogen-bond acceptors (Lipinski definition) is 2. The Hall–Kier alpha value is -1.05. The first-order valence-corrected chi connectivity index (χ1v) is 6.74. The minimum absolute atomic E-state index is 0.226. The van der Waals surface area contributed by atoms with Crippen molar-refractivity contribution in [3.05, 3.63) is 23.2 Å². The zero-order valence-electron chi connectivity index (χ0n) is 11.1. The van der Waals surface area contributed by atoms with E-state index in [1.54, 1.807) is 0 Å². The van der Waals surface area contributed by atoms with E-state index < -0.39 is 0 Å². The summed E-state index contributed by atoms with van der Waals surface area (Å²) in [6.07, 6.45) is 5.87. The molecule has 0 radical (unpaired) electrons. The first-order chi connectivity index (χ1) is 8.13. The third-order valence-corrected chi connectivity index (χ3v) is 4.08. The lowest BCUT2D eigenvalue weighted by molar-refractivity contribution is 0.0818. The topological polar surface area (TPSA) is 30.2 Å². The number of rotatable bonds is 3. The van der Waals surface area contributed by atoms with Gasteiger partial charge in [-0.2, -0.15) is 0 Å². The number of carbonyl (C=O) groups is 1. The third kappa shape index (κ3) is 2.46. The predicted octanol–water partition coefficient (Wildman–Crippen LogP) is 4.30. The number of hydrogen-bond donors (Lipinski definition) is 0. The van der Waals surface area contributed by atoms with Crippen molar-refractivity contribution >= 4 is 5.78 Å². The fourth-order valence-electron chi connectivity index (χ4n) is 3.12. The quantitative estimate of drug-likeness (QED) is 0.730. The molecule has 0 aliphatic heterocycles. The number of aryl methyl sites for hydroxylation is 2. The fourth-order valence-corrected chi connectivity index (χ4v) is 3.12. The van der Waals surface area contributed by atoms with Crippen molar-refractivity contribution in [2.45, 2.75) is 52.9 Å². The van der Waals surface area contributed by atoms with Crippen LogP contribution in [0.25, 0.3) is 0 Å². The van der Waals surface area contributed by atoms with Crippen LogP contribution in [-0.4, -0.2) is 5.78 Å². The van der Waals surface area contributed by atoms with Gasteiger partial charge in [0.2, 0.25) is 0 Å². The maximum atomic E-state index is 12.5. The molecule has 0 spiro atoms. The lowest BCUT2D eigenvalue weighted by atomic mass is 9.74. The van der Waals surface area contributed by atoms with Gasteiger partial charge in [-0.3, -0.25) is 4.79 Å². The molecule has 2 unspecified atom stereocenters. The molecule has 0 saturated heterocycles. The van der Waals surface area contributed by atoms with E-state index in [9.17, 15) is 4.79 Å². The Morgan fingerprint density at radius 1 is 1.35 bits per heavy atom. The number of ketones is 1. The average Bonchev–Trinajstić information content (AvgIpc) is 2.67. The molecule has 0 N–H and O–H groups in total. The van der Waals surface area contributed by atoms with Crippen LogP contribution in [0.4, 0.5) is 0 Å². The number of Topliss-reactive ketones (excluding diaryl/α,β-unsaturated/α-hetero) is 1. The van der Waals surface area contributed by atoms with Gasteiger partial charge in [0.1, 0.15) is 11.5 Å². The Morgan fingerprint density at radius 3 is 2.65 bits per heavy atom. The monoisotopic (exact) mass is 234 g/mol. The van der Waals surface area contributed by atoms with Gasteiger partial charge in [-0.25, -0.2) is 0 Å². The molecule has 0 bridgehead atoms. The molecule has 1 saturated carbocycles. The summed E-state index contributed by atoms with van der Waals surface area (Å²) in [5.74, 6) is 2.74. The molecule has 17 heavy (non-hydrogen) atoms. The van der Waals surface area contributed by atoms with E-state index in [4.69, 9.17) is 4.42 Å². The predicted molar refractivity (Wildman–Crippen MR) is 68.3 cm³/mol. The maximum Gasteiger partial charge on any atom is 0.169 e. The Labute approximate surface area is 103 Å². The molecule has 1 aromatic heterocycles. The number of furan rings is 1. The van der Waals surface area contributed by atoms with Gasteiger partial charge in [0.25, 0.3) is 0 Å². The summed E-state index contributed by atoms with van der Waals surface area (Å²) in [6, 6.07) is 1.90. The van der Waals surface area contributed by atoms with Crippen LogP contribution in [-0.2, 0) is 0 Å². The molecular weight excluding hydrogens is 212 g/mol. The van der Waals surface area contributed by atoms with Crippen molar-refractivity contribution in [1.82, 2.24) is 0 Å². The SMILES string of the molecule is CCC1CCCCC1C(=O)c1cc(C)oc1C. The zero-order valence-corrected chi connectivity index (χ0v) is 11.1. The highest BCUT2D eigenvalue weighted by Crippen LogP contribution is 2.35. The van der Waals surface area contributed by atoms with Crippen LogP contribution < -0.4 is 0 Å². The van der Waals surface area contributed by atoms with Gasteiger partial charge in [0, 0.05) is 5.92 Å². The van der Waals surface area contributed by atoms with Gasteiger partial charge in [0.05, 0.1) is 5.56 Å². The van der Waals surface area contributed by atoms with Gasteiger partial charge in [-0.15, -0.1) is 0 Å². The van der Waals surface area contributed by atoms with Crippen molar-refractivity contribution in [1.29, 1.82) is 0 Å². The van der Waals surface area contributed by atoms with Crippen LogP contribution >= 0.6 is 0 Å². The summed E-state index contributed by atoms with van der Waals surface area (Å²) in [6.45, 7) is 6.00. The van der Waals surface area contributed by atoms with E-state index in [0.717, 1.165) is 29.9 Å². The molecule has 2 heteroatoms. The summed E-state index contributed by atoms with van der Waals surface area (Å²) in [4.78, 5) is 12.5. The maximum absolute atomic E-state index is 12.5. The van der Waals surface area contributed by atoms with Crippen LogP contribution in [0.5, 0.6) is 0 Å². The summed E-state index contributed by atoms with van der Waals surface area (Å²) in [5, 5.41) is 0. The zero-order chi connectivity index (χ0) is 12.4. The van der Waals surface area contributed by atoms with Crippen LogP contribution in [0.2, 0.25) is 0 Å². The molecule has 1 aliphatic rings. The molecule has 2 rings (SSSR count). The van der Waals surface area contributed by atoms with Crippen LogP contribution in [0, 0.1) is 25.7 Å². The molecule has 0 amide bonds. The van der Waals surface area contributed by atoms with E-state index in [2.05, 4.69) is 6.92 Å². The van der Waals surface area contributed by atoms with Gasteiger partial charge in [0.15, 0.2) is 5.78 Å². The van der Waals surface area contributed by atoms with Crippen LogP contribution in [0.15, 0.2) is 10.5 Å². The molecular formula is C15H22O2. The molecule has 1 fully saturated rings. The summed E-state index contributed by atoms with van der Waals surface area (Å²) in [5.41, 5.74) is 0.813. The third-order valence-electron chi connectivity index (χ3n) is 4.08. The molecule has 2 nitrogen and oxygen atoms in total. The van der Waals surface area contributed by atoms with Crippen LogP contribution in [0.3, 0.4) is 0 Å². The first kappa shape index (κ1) is 12.4. The Kier molecular flexibility index (Phi) is 3.70. The average molecular weight is 234 g/mol. The second-order valence-corrected chi connectivity index (χ2v) is 5.25. The van der Waals surface area contributed by atoms with Crippen molar-refractivity contribution in [3.8, 4) is 0 Å². The van der Waals surface area contributed by atoms with E-state index in [-0.39, 0.29) is 5.92 Å². The summed E-state index contributed by atoms with van der Waals surface area (Å²) >= 11 is 0. The molecule has 1 aromatic rings. The lowest BCUT2D eigenvalue weighted by Gasteiger charge is -2.29. The van der Waals surface area contributed by atoms with Crippen molar-refractivity contribution in [3.63, 3.8) is 0 Å². The van der Waals surface area contributed by atoms with Crippen molar-refractivity contribution in [2.75, 3.05) is 0 Å². The standard InChI is InChI=1S/C15H22O2/c1-4-12-7-5-6-8-13(12)15(16)14-9-10(2)17-11(14)3/h9,12-13H,4-8H2,1-3H3. The largest absolute Gasteiger partial charge is 0.466 e. The van der Waals surface area contributed by atoms with Crippen molar-refractivity contribution in [2.24, 2.45) is 11.8 Å². The molecule has 0 aromatic carbocycles. The van der Waals surface area contributed by atoms with E-state index >= 15 is 0 Å². The minimum Gasteiger partial charge on any atom is -0.466 e. The lowest BCUT2D eigenvalue weighted by Crippen LogP contribution is -2.27. The Balaban J connectivity index is 2.21. The van der Waals surface area contributed by atoms with Crippen molar-refractivity contribution < 1.29 is 9.21 Å². The van der Waals surface area contributed by atoms with E-state index in [1.807, 2.05) is 19.9 Å². The molecule has 2 atom stereocenters. The van der Waals surface area contributed by atoms with Gasteiger partial charge >= 0.3 is 0 Å². The molecule has 94 valence electrons. The summed E-state index contributed by atoms with van der Waals surface area (Å²) < 4.78 is 5.47. The normalized spacial score (nSPS) is 24.9. The van der Waals surface area contributed by atoms with E-state index in [1.165, 1.54) is 19.3 Å². The number of carbonyl (C=O) groups excluding carboxylic acids is 1. The molecule has 1 aliphatic carbocycles. The van der Waals surface area contributed by atoms with E-state index in [0.29, 0.717) is 11.7 Å². The first-order valence-electron chi connectivity index (χ1n) is 6.74. The Bertz CT molecular complexity index is 403. The highest BCUT2D eigenvalue weighted by molar-refractivity contribution is 5.99. The highest BCUT2D eigenvalue weighted by atomic mass is 16.3. The fraction of sp³-hybridized carbons (Fsp3) is 0.667. The second kappa shape index (κ2) is 5.07. The van der Waals surface area contributed by atoms with Gasteiger partial charge < -0.3 is 4.42 Å².